The van der Waals surface area contributed by atoms with Crippen LogP contribution >= 0.6 is 0 Å². The molecule has 2 aromatic rings. The molecule has 1 atom stereocenters. The van der Waals surface area contributed by atoms with Crippen molar-refractivity contribution < 1.29 is 8.42 Å². The fourth-order valence-corrected chi connectivity index (χ4v) is 3.87. The predicted octanol–water partition coefficient (Wildman–Crippen LogP) is 0.861. The van der Waals surface area contributed by atoms with Gasteiger partial charge in [-0.2, -0.15) is 4.31 Å². The van der Waals surface area contributed by atoms with Crippen molar-refractivity contribution in [1.29, 1.82) is 0 Å². The van der Waals surface area contributed by atoms with E-state index in [2.05, 4.69) is 20.3 Å². The Morgan fingerprint density at radius 3 is 2.90 bits per heavy atom. The molecule has 7 nitrogen and oxygen atoms in total. The van der Waals surface area contributed by atoms with Gasteiger partial charge in [-0.15, -0.1) is 0 Å². The maximum atomic E-state index is 11.7. The minimum Gasteiger partial charge on any atom is -0.367 e. The molecule has 1 N–H and O–H groups in total. The summed E-state index contributed by atoms with van der Waals surface area (Å²) in [5, 5.41) is 3.21. The number of anilines is 1. The van der Waals surface area contributed by atoms with Crippen molar-refractivity contribution in [2.24, 2.45) is 0 Å². The molecule has 0 radical (unpaired) electrons. The molecule has 3 heterocycles. The summed E-state index contributed by atoms with van der Waals surface area (Å²) >= 11 is 0. The molecule has 1 aliphatic heterocycles. The van der Waals surface area contributed by atoms with E-state index in [0.29, 0.717) is 24.4 Å². The number of hydrogen-bond acceptors (Lipinski definition) is 6. The molecule has 21 heavy (non-hydrogen) atoms. The largest absolute Gasteiger partial charge is 0.367 e. The molecule has 1 saturated heterocycles. The molecule has 0 aromatic carbocycles. The topological polar surface area (TPSA) is 88.1 Å². The Labute approximate surface area is 123 Å². The number of fused-ring (bicyclic) bond motifs is 1. The lowest BCUT2D eigenvalue weighted by Gasteiger charge is -2.22. The first kappa shape index (κ1) is 14.2. The van der Waals surface area contributed by atoms with E-state index in [-0.39, 0.29) is 6.04 Å². The van der Waals surface area contributed by atoms with Crippen LogP contribution in [0.15, 0.2) is 24.7 Å². The molecule has 1 fully saturated rings. The maximum absolute atomic E-state index is 11.7. The van der Waals surface area contributed by atoms with Gasteiger partial charge in [0.25, 0.3) is 0 Å². The number of rotatable bonds is 4. The highest BCUT2D eigenvalue weighted by atomic mass is 32.2. The van der Waals surface area contributed by atoms with Gasteiger partial charge in [0.05, 0.1) is 11.8 Å². The maximum Gasteiger partial charge on any atom is 0.211 e. The van der Waals surface area contributed by atoms with E-state index in [1.54, 1.807) is 29.0 Å². The quantitative estimate of drug-likeness (QED) is 0.901. The number of nitrogens with one attached hydrogen (secondary N) is 1. The predicted molar refractivity (Wildman–Crippen MR) is 80.4 cm³/mol. The standard InChI is InChI=1S/C13H17N5O2S/c1-21(19,20)18-8-2-3-10(18)9-17-13-12-11(4-5-16-13)14-6-7-15-12/h4-7,10H,2-3,8-9H2,1H3,(H,16,17)/t10-/m1/s1. The third-order valence-electron chi connectivity index (χ3n) is 3.64. The van der Waals surface area contributed by atoms with Crippen molar-refractivity contribution in [1.82, 2.24) is 19.3 Å². The number of nitrogens with zero attached hydrogens (tertiary/aromatic N) is 4. The van der Waals surface area contributed by atoms with Crippen molar-refractivity contribution >= 4 is 26.9 Å². The summed E-state index contributed by atoms with van der Waals surface area (Å²) in [6.07, 6.45) is 7.93. The average Bonchev–Trinajstić information content (AvgIpc) is 2.93. The van der Waals surface area contributed by atoms with Gasteiger partial charge in [0.2, 0.25) is 10.0 Å². The highest BCUT2D eigenvalue weighted by molar-refractivity contribution is 7.88. The van der Waals surface area contributed by atoms with Crippen LogP contribution in [0.1, 0.15) is 12.8 Å². The van der Waals surface area contributed by atoms with Gasteiger partial charge in [-0.05, 0) is 18.9 Å². The van der Waals surface area contributed by atoms with Gasteiger partial charge in [-0.1, -0.05) is 0 Å². The molecule has 3 rings (SSSR count). The molecule has 0 saturated carbocycles. The average molecular weight is 307 g/mol. The fraction of sp³-hybridized carbons (Fsp3) is 0.462. The van der Waals surface area contributed by atoms with Gasteiger partial charge < -0.3 is 5.32 Å². The Morgan fingerprint density at radius 2 is 2.10 bits per heavy atom. The molecule has 2 aromatic heterocycles. The molecule has 0 amide bonds. The lowest BCUT2D eigenvalue weighted by molar-refractivity contribution is 0.402. The Kier molecular flexibility index (Phi) is 3.73. The van der Waals surface area contributed by atoms with Crippen molar-refractivity contribution in [3.63, 3.8) is 0 Å². The van der Waals surface area contributed by atoms with Gasteiger partial charge in [-0.3, -0.25) is 4.98 Å². The Hall–Kier alpha value is -1.80. The molecule has 0 unspecified atom stereocenters. The second kappa shape index (κ2) is 5.53. The number of aromatic nitrogens is 3. The highest BCUT2D eigenvalue weighted by Crippen LogP contribution is 2.22. The van der Waals surface area contributed by atoms with Crippen LogP contribution in [0.3, 0.4) is 0 Å². The molecule has 0 spiro atoms. The molecule has 8 heteroatoms. The summed E-state index contributed by atoms with van der Waals surface area (Å²) in [7, 11) is -3.15. The van der Waals surface area contributed by atoms with Gasteiger partial charge in [0, 0.05) is 37.7 Å². The van der Waals surface area contributed by atoms with Crippen LogP contribution in [0.2, 0.25) is 0 Å². The van der Waals surface area contributed by atoms with Gasteiger partial charge in [0.15, 0.2) is 5.82 Å². The third kappa shape index (κ3) is 2.96. The van der Waals surface area contributed by atoms with Crippen molar-refractivity contribution in [3.05, 3.63) is 24.7 Å². The summed E-state index contributed by atoms with van der Waals surface area (Å²) in [5.74, 6) is 0.640. The molecule has 0 aliphatic carbocycles. The van der Waals surface area contributed by atoms with E-state index >= 15 is 0 Å². The normalized spacial score (nSPS) is 20.0. The van der Waals surface area contributed by atoms with Crippen LogP contribution in [0.25, 0.3) is 11.0 Å². The van der Waals surface area contributed by atoms with Crippen LogP contribution in [-0.4, -0.2) is 53.1 Å². The SMILES string of the molecule is CS(=O)(=O)N1CCC[C@@H]1CNc1nccc2nccnc12. The molecule has 0 bridgehead atoms. The van der Waals surface area contributed by atoms with Crippen LogP contribution in [0, 0.1) is 0 Å². The van der Waals surface area contributed by atoms with E-state index in [4.69, 9.17) is 0 Å². The third-order valence-corrected chi connectivity index (χ3v) is 4.97. The Bertz CT molecular complexity index is 744. The van der Waals surface area contributed by atoms with E-state index in [9.17, 15) is 8.42 Å². The van der Waals surface area contributed by atoms with Crippen LogP contribution in [0.5, 0.6) is 0 Å². The second-order valence-electron chi connectivity index (χ2n) is 5.13. The monoisotopic (exact) mass is 307 g/mol. The van der Waals surface area contributed by atoms with Gasteiger partial charge in [0.1, 0.15) is 5.52 Å². The van der Waals surface area contributed by atoms with Crippen LogP contribution < -0.4 is 5.32 Å². The number of pyridine rings is 1. The zero-order valence-corrected chi connectivity index (χ0v) is 12.5. The zero-order valence-electron chi connectivity index (χ0n) is 11.7. The summed E-state index contributed by atoms with van der Waals surface area (Å²) in [6, 6.07) is 1.76. The van der Waals surface area contributed by atoms with Crippen LogP contribution in [-0.2, 0) is 10.0 Å². The number of sulfonamides is 1. The van der Waals surface area contributed by atoms with Crippen LogP contribution in [0.4, 0.5) is 5.82 Å². The zero-order chi connectivity index (χ0) is 14.9. The molecule has 1 aliphatic rings. The number of hydrogen-bond donors (Lipinski definition) is 1. The van der Waals surface area contributed by atoms with E-state index < -0.39 is 10.0 Å². The first-order chi connectivity index (χ1) is 10.1. The molecular formula is C13H17N5O2S. The fourth-order valence-electron chi connectivity index (χ4n) is 2.69. The van der Waals surface area contributed by atoms with E-state index in [1.807, 2.05) is 0 Å². The van der Waals surface area contributed by atoms with Crippen molar-refractivity contribution in [2.75, 3.05) is 24.7 Å². The lowest BCUT2D eigenvalue weighted by atomic mass is 10.2. The van der Waals surface area contributed by atoms with Crippen molar-refractivity contribution in [3.8, 4) is 0 Å². The van der Waals surface area contributed by atoms with Gasteiger partial charge in [-0.25, -0.2) is 18.4 Å². The summed E-state index contributed by atoms with van der Waals surface area (Å²) < 4.78 is 25.0. The molecular weight excluding hydrogens is 290 g/mol. The highest BCUT2D eigenvalue weighted by Gasteiger charge is 2.31. The summed E-state index contributed by atoms with van der Waals surface area (Å²) in [5.41, 5.74) is 1.46. The first-order valence-corrected chi connectivity index (χ1v) is 8.67. The van der Waals surface area contributed by atoms with E-state index in [0.717, 1.165) is 18.4 Å². The lowest BCUT2D eigenvalue weighted by Crippen LogP contribution is -2.38. The Balaban J connectivity index is 1.78. The summed E-state index contributed by atoms with van der Waals surface area (Å²) in [4.78, 5) is 12.8. The summed E-state index contributed by atoms with van der Waals surface area (Å²) in [6.45, 7) is 1.11. The molecule has 112 valence electrons. The van der Waals surface area contributed by atoms with Gasteiger partial charge >= 0.3 is 0 Å². The minimum absolute atomic E-state index is 0.0336. The van der Waals surface area contributed by atoms with E-state index in [1.165, 1.54) is 6.26 Å². The minimum atomic E-state index is -3.15. The second-order valence-corrected chi connectivity index (χ2v) is 7.07. The Morgan fingerprint density at radius 1 is 1.29 bits per heavy atom. The smallest absolute Gasteiger partial charge is 0.211 e. The van der Waals surface area contributed by atoms with Crippen molar-refractivity contribution in [2.45, 2.75) is 18.9 Å². The first-order valence-electron chi connectivity index (χ1n) is 6.82.